The minimum atomic E-state index is -2.99. The number of aromatic nitrogens is 1. The van der Waals surface area contributed by atoms with Gasteiger partial charge in [-0.05, 0) is 17.7 Å². The van der Waals surface area contributed by atoms with E-state index >= 15 is 0 Å². The first-order valence-electron chi connectivity index (χ1n) is 3.16. The highest BCUT2D eigenvalue weighted by Gasteiger charge is 2.16. The minimum absolute atomic E-state index is 0.390. The molecule has 0 atom stereocenters. The van der Waals surface area contributed by atoms with Gasteiger partial charge in [-0.3, -0.25) is 4.79 Å². The summed E-state index contributed by atoms with van der Waals surface area (Å²) < 4.78 is 36.7. The van der Waals surface area contributed by atoms with E-state index < -0.39 is 28.7 Å². The van der Waals surface area contributed by atoms with Crippen molar-refractivity contribution in [3.8, 4) is 0 Å². The highest BCUT2D eigenvalue weighted by atomic mass is 35.5. The van der Waals surface area contributed by atoms with Crippen LogP contribution in [0.25, 0.3) is 0 Å². The van der Waals surface area contributed by atoms with Gasteiger partial charge in [0, 0.05) is 0 Å². The van der Waals surface area contributed by atoms with Crippen LogP contribution in [0.1, 0.15) is 22.5 Å². The molecular formula is C7H3ClF3NO. The normalized spacial score (nSPS) is 10.5. The van der Waals surface area contributed by atoms with Crippen LogP contribution in [-0.4, -0.2) is 10.2 Å². The van der Waals surface area contributed by atoms with Gasteiger partial charge in [-0.1, -0.05) is 0 Å². The van der Waals surface area contributed by atoms with Crippen molar-refractivity contribution in [3.05, 3.63) is 29.3 Å². The smallest absolute Gasteiger partial charge is 0.270 e. The maximum absolute atomic E-state index is 12.6. The predicted molar refractivity (Wildman–Crippen MR) is 39.3 cm³/mol. The SMILES string of the molecule is O=C(Cl)c1cc(C(F)F)c(F)cn1. The predicted octanol–water partition coefficient (Wildman–Crippen LogP) is 2.54. The third kappa shape index (κ3) is 2.18. The van der Waals surface area contributed by atoms with E-state index in [1.165, 1.54) is 0 Å². The fourth-order valence-electron chi connectivity index (χ4n) is 0.729. The molecule has 0 amide bonds. The third-order valence-corrected chi connectivity index (χ3v) is 1.52. The van der Waals surface area contributed by atoms with Crippen molar-refractivity contribution >= 4 is 16.8 Å². The molecule has 0 aliphatic carbocycles. The molecular weight excluding hydrogens is 207 g/mol. The Labute approximate surface area is 76.3 Å². The monoisotopic (exact) mass is 209 g/mol. The fourth-order valence-corrected chi connectivity index (χ4v) is 0.832. The molecule has 0 aromatic carbocycles. The van der Waals surface area contributed by atoms with Crippen molar-refractivity contribution < 1.29 is 18.0 Å². The topological polar surface area (TPSA) is 30.0 Å². The number of rotatable bonds is 2. The molecule has 1 heterocycles. The van der Waals surface area contributed by atoms with Crippen LogP contribution >= 0.6 is 11.6 Å². The van der Waals surface area contributed by atoms with Gasteiger partial charge in [-0.15, -0.1) is 0 Å². The molecule has 2 nitrogen and oxygen atoms in total. The Kier molecular flexibility index (Phi) is 2.87. The van der Waals surface area contributed by atoms with Gasteiger partial charge in [0.1, 0.15) is 11.5 Å². The third-order valence-electron chi connectivity index (χ3n) is 1.32. The minimum Gasteiger partial charge on any atom is -0.274 e. The molecule has 1 aromatic heterocycles. The zero-order valence-corrected chi connectivity index (χ0v) is 6.86. The van der Waals surface area contributed by atoms with Crippen molar-refractivity contribution in [2.24, 2.45) is 0 Å². The molecule has 6 heteroatoms. The molecule has 0 saturated carbocycles. The Morgan fingerprint density at radius 3 is 2.62 bits per heavy atom. The van der Waals surface area contributed by atoms with Gasteiger partial charge in [0.05, 0.1) is 11.8 Å². The van der Waals surface area contributed by atoms with E-state index in [0.29, 0.717) is 12.3 Å². The molecule has 0 N–H and O–H groups in total. The van der Waals surface area contributed by atoms with E-state index in [9.17, 15) is 18.0 Å². The molecule has 1 rings (SSSR count). The molecule has 0 spiro atoms. The summed E-state index contributed by atoms with van der Waals surface area (Å²) in [6, 6.07) is 0.634. The summed E-state index contributed by atoms with van der Waals surface area (Å²) in [6.45, 7) is 0. The summed E-state index contributed by atoms with van der Waals surface area (Å²) in [7, 11) is 0. The van der Waals surface area contributed by atoms with Gasteiger partial charge in [-0.25, -0.2) is 18.2 Å². The van der Waals surface area contributed by atoms with Gasteiger partial charge in [0.15, 0.2) is 0 Å². The quantitative estimate of drug-likeness (QED) is 0.701. The van der Waals surface area contributed by atoms with E-state index in [4.69, 9.17) is 11.6 Å². The van der Waals surface area contributed by atoms with Crippen molar-refractivity contribution in [1.82, 2.24) is 4.98 Å². The van der Waals surface area contributed by atoms with Gasteiger partial charge in [-0.2, -0.15) is 0 Å². The average molecular weight is 210 g/mol. The van der Waals surface area contributed by atoms with E-state index in [0.717, 1.165) is 0 Å². The zero-order valence-electron chi connectivity index (χ0n) is 6.10. The molecule has 0 radical (unpaired) electrons. The van der Waals surface area contributed by atoms with E-state index in [2.05, 4.69) is 4.98 Å². The van der Waals surface area contributed by atoms with Crippen LogP contribution in [0.3, 0.4) is 0 Å². The van der Waals surface area contributed by atoms with Gasteiger partial charge < -0.3 is 0 Å². The van der Waals surface area contributed by atoms with Gasteiger partial charge >= 0.3 is 0 Å². The molecule has 13 heavy (non-hydrogen) atoms. The molecule has 0 fully saturated rings. The molecule has 0 unspecified atom stereocenters. The number of pyridine rings is 1. The zero-order chi connectivity index (χ0) is 10.0. The lowest BCUT2D eigenvalue weighted by Crippen LogP contribution is -1.99. The first-order chi connectivity index (χ1) is 6.02. The van der Waals surface area contributed by atoms with Crippen molar-refractivity contribution in [2.75, 3.05) is 0 Å². The second-order valence-electron chi connectivity index (χ2n) is 2.17. The number of halogens is 4. The molecule has 70 valence electrons. The highest BCUT2D eigenvalue weighted by Crippen LogP contribution is 2.22. The summed E-state index contributed by atoms with van der Waals surface area (Å²) >= 11 is 4.96. The lowest BCUT2D eigenvalue weighted by atomic mass is 10.2. The average Bonchev–Trinajstić information content (AvgIpc) is 2.04. The number of hydrogen-bond acceptors (Lipinski definition) is 2. The Morgan fingerprint density at radius 2 is 2.15 bits per heavy atom. The largest absolute Gasteiger partial charge is 0.274 e. The fraction of sp³-hybridized carbons (Fsp3) is 0.143. The number of hydrogen-bond donors (Lipinski definition) is 0. The van der Waals surface area contributed by atoms with E-state index in [1.807, 2.05) is 0 Å². The van der Waals surface area contributed by atoms with Crippen LogP contribution in [-0.2, 0) is 0 Å². The molecule has 0 saturated heterocycles. The van der Waals surface area contributed by atoms with Crippen molar-refractivity contribution in [2.45, 2.75) is 6.43 Å². The molecule has 0 bridgehead atoms. The summed E-state index contributed by atoms with van der Waals surface area (Å²) in [4.78, 5) is 13.7. The van der Waals surface area contributed by atoms with Crippen LogP contribution in [0.4, 0.5) is 13.2 Å². The molecule has 0 aliphatic heterocycles. The standard InChI is InChI=1S/C7H3ClF3NO/c8-6(13)5-1-3(7(10)11)4(9)2-12-5/h1-2,7H. The summed E-state index contributed by atoms with van der Waals surface area (Å²) in [5, 5.41) is -0.998. The first-order valence-corrected chi connectivity index (χ1v) is 3.53. The van der Waals surface area contributed by atoms with E-state index in [-0.39, 0.29) is 0 Å². The van der Waals surface area contributed by atoms with E-state index in [1.54, 1.807) is 0 Å². The van der Waals surface area contributed by atoms with Crippen LogP contribution in [0.2, 0.25) is 0 Å². The lowest BCUT2D eigenvalue weighted by molar-refractivity contribution is 0.107. The number of alkyl halides is 2. The van der Waals surface area contributed by atoms with Gasteiger partial charge in [0.2, 0.25) is 0 Å². The van der Waals surface area contributed by atoms with Crippen LogP contribution in [0.5, 0.6) is 0 Å². The van der Waals surface area contributed by atoms with Crippen LogP contribution in [0, 0.1) is 5.82 Å². The van der Waals surface area contributed by atoms with Crippen molar-refractivity contribution in [3.63, 3.8) is 0 Å². The lowest BCUT2D eigenvalue weighted by Gasteiger charge is -2.01. The Balaban J connectivity index is 3.19. The number of nitrogens with zero attached hydrogens (tertiary/aromatic N) is 1. The number of carbonyl (C=O) groups excluding carboxylic acids is 1. The Morgan fingerprint density at radius 1 is 1.54 bits per heavy atom. The Bertz CT molecular complexity index is 343. The first kappa shape index (κ1) is 9.98. The Hall–Kier alpha value is -1.10. The maximum atomic E-state index is 12.6. The van der Waals surface area contributed by atoms with Crippen molar-refractivity contribution in [1.29, 1.82) is 0 Å². The highest BCUT2D eigenvalue weighted by molar-refractivity contribution is 6.67. The maximum Gasteiger partial charge on any atom is 0.270 e. The number of carbonyl (C=O) groups is 1. The van der Waals surface area contributed by atoms with Crippen LogP contribution < -0.4 is 0 Å². The second-order valence-corrected chi connectivity index (χ2v) is 2.51. The second kappa shape index (κ2) is 3.74. The molecule has 1 aromatic rings. The molecule has 0 aliphatic rings. The van der Waals surface area contributed by atoms with Crippen LogP contribution in [0.15, 0.2) is 12.3 Å². The summed E-state index contributed by atoms with van der Waals surface area (Å²) in [5.74, 6) is -1.16. The summed E-state index contributed by atoms with van der Waals surface area (Å²) in [6.07, 6.45) is -2.45. The summed E-state index contributed by atoms with van der Waals surface area (Å²) in [5.41, 5.74) is -1.27. The van der Waals surface area contributed by atoms with Gasteiger partial charge in [0.25, 0.3) is 11.7 Å².